The fourth-order valence-corrected chi connectivity index (χ4v) is 3.78. The molecule has 1 atom stereocenters. The Bertz CT molecular complexity index is 1130. The number of hydrogen-bond acceptors (Lipinski definition) is 4. The third-order valence-electron chi connectivity index (χ3n) is 5.01. The molecule has 1 aliphatic rings. The van der Waals surface area contributed by atoms with Crippen LogP contribution in [-0.4, -0.2) is 30.9 Å². The molecule has 7 heteroatoms. The first-order chi connectivity index (χ1) is 14.5. The number of rotatable bonds is 5. The number of esters is 1. The van der Waals surface area contributed by atoms with Crippen LogP contribution in [0.4, 0.5) is 11.4 Å². The van der Waals surface area contributed by atoms with Gasteiger partial charge in [0, 0.05) is 24.0 Å². The van der Waals surface area contributed by atoms with Crippen LogP contribution in [0, 0.1) is 5.92 Å². The summed E-state index contributed by atoms with van der Waals surface area (Å²) >= 11 is 6.16. The quantitative estimate of drug-likeness (QED) is 0.630. The molecule has 152 valence electrons. The standard InChI is InChI=1S/C23H19ClN2O4/c24-18-9-3-4-11-20(18)26-13-16(12-22(26)28)23(29)30-14-21(27)25-19-10-5-7-15-6-1-2-8-17(15)19/h1-11,16H,12-14H2,(H,25,27)/t16-/m0/s1. The van der Waals surface area contributed by atoms with E-state index >= 15 is 0 Å². The molecule has 1 saturated heterocycles. The van der Waals surface area contributed by atoms with Crippen molar-refractivity contribution in [3.8, 4) is 0 Å². The Balaban J connectivity index is 1.35. The highest BCUT2D eigenvalue weighted by molar-refractivity contribution is 6.33. The Morgan fingerprint density at radius 2 is 1.77 bits per heavy atom. The topological polar surface area (TPSA) is 75.7 Å². The first kappa shape index (κ1) is 19.9. The molecule has 0 bridgehead atoms. The van der Waals surface area contributed by atoms with Crippen molar-refractivity contribution < 1.29 is 19.1 Å². The van der Waals surface area contributed by atoms with Crippen LogP contribution >= 0.6 is 11.6 Å². The average molecular weight is 423 g/mol. The van der Waals surface area contributed by atoms with E-state index in [0.29, 0.717) is 16.4 Å². The maximum Gasteiger partial charge on any atom is 0.311 e. The molecular formula is C23H19ClN2O4. The smallest absolute Gasteiger partial charge is 0.311 e. The van der Waals surface area contributed by atoms with Gasteiger partial charge >= 0.3 is 5.97 Å². The minimum atomic E-state index is -0.640. The van der Waals surface area contributed by atoms with Gasteiger partial charge in [-0.15, -0.1) is 0 Å². The van der Waals surface area contributed by atoms with Gasteiger partial charge in [0.1, 0.15) is 0 Å². The van der Waals surface area contributed by atoms with Gasteiger partial charge in [0.05, 0.1) is 16.6 Å². The molecule has 1 aliphatic heterocycles. The molecule has 30 heavy (non-hydrogen) atoms. The van der Waals surface area contributed by atoms with E-state index in [0.717, 1.165) is 10.8 Å². The summed E-state index contributed by atoms with van der Waals surface area (Å²) in [5.74, 6) is -1.86. The lowest BCUT2D eigenvalue weighted by Gasteiger charge is -2.17. The lowest BCUT2D eigenvalue weighted by atomic mass is 10.1. The van der Waals surface area contributed by atoms with Gasteiger partial charge in [-0.1, -0.05) is 60.1 Å². The van der Waals surface area contributed by atoms with Crippen LogP contribution in [0.2, 0.25) is 5.02 Å². The highest BCUT2D eigenvalue weighted by Crippen LogP contribution is 2.31. The number of carbonyl (C=O) groups excluding carboxylic acids is 3. The largest absolute Gasteiger partial charge is 0.455 e. The lowest BCUT2D eigenvalue weighted by molar-refractivity contribution is -0.151. The lowest BCUT2D eigenvalue weighted by Crippen LogP contribution is -2.28. The molecule has 1 heterocycles. The van der Waals surface area contributed by atoms with Gasteiger partial charge in [0.2, 0.25) is 5.91 Å². The third-order valence-corrected chi connectivity index (χ3v) is 5.33. The first-order valence-electron chi connectivity index (χ1n) is 9.52. The van der Waals surface area contributed by atoms with E-state index in [2.05, 4.69) is 5.32 Å². The second-order valence-electron chi connectivity index (χ2n) is 7.04. The van der Waals surface area contributed by atoms with Crippen LogP contribution < -0.4 is 10.2 Å². The molecule has 0 saturated carbocycles. The first-order valence-corrected chi connectivity index (χ1v) is 9.90. The second kappa shape index (κ2) is 8.55. The summed E-state index contributed by atoms with van der Waals surface area (Å²) < 4.78 is 5.17. The van der Waals surface area contributed by atoms with Crippen LogP contribution in [0.15, 0.2) is 66.7 Å². The van der Waals surface area contributed by atoms with E-state index in [4.69, 9.17) is 16.3 Å². The minimum absolute atomic E-state index is 0.0228. The Kier molecular flexibility index (Phi) is 5.68. The van der Waals surface area contributed by atoms with Crippen molar-refractivity contribution in [3.63, 3.8) is 0 Å². The predicted molar refractivity (Wildman–Crippen MR) is 115 cm³/mol. The highest BCUT2D eigenvalue weighted by Gasteiger charge is 2.37. The number of hydrogen-bond donors (Lipinski definition) is 1. The molecule has 1 N–H and O–H groups in total. The molecule has 0 aliphatic carbocycles. The van der Waals surface area contributed by atoms with Gasteiger partial charge in [-0.3, -0.25) is 14.4 Å². The van der Waals surface area contributed by atoms with Crippen LogP contribution in [-0.2, 0) is 19.1 Å². The Morgan fingerprint density at radius 1 is 1.03 bits per heavy atom. The number of ether oxygens (including phenoxy) is 1. The maximum absolute atomic E-state index is 12.4. The number of benzene rings is 3. The van der Waals surface area contributed by atoms with Gasteiger partial charge < -0.3 is 15.0 Å². The van der Waals surface area contributed by atoms with Crippen molar-refractivity contribution >= 4 is 51.5 Å². The number of para-hydroxylation sites is 1. The summed E-state index contributed by atoms with van der Waals surface area (Å²) in [5, 5.41) is 5.11. The van der Waals surface area contributed by atoms with E-state index in [-0.39, 0.29) is 18.9 Å². The monoisotopic (exact) mass is 422 g/mol. The summed E-state index contributed by atoms with van der Waals surface area (Å²) in [4.78, 5) is 38.5. The van der Waals surface area contributed by atoms with Crippen molar-refractivity contribution in [2.45, 2.75) is 6.42 Å². The molecule has 1 fully saturated rings. The summed E-state index contributed by atoms with van der Waals surface area (Å²) in [5.41, 5.74) is 1.21. The zero-order chi connectivity index (χ0) is 21.1. The normalized spacial score (nSPS) is 16.0. The summed E-state index contributed by atoms with van der Waals surface area (Å²) in [6, 6.07) is 20.2. The molecule has 0 radical (unpaired) electrons. The van der Waals surface area contributed by atoms with Crippen LogP contribution in [0.3, 0.4) is 0 Å². The number of nitrogens with zero attached hydrogens (tertiary/aromatic N) is 1. The second-order valence-corrected chi connectivity index (χ2v) is 7.45. The van der Waals surface area contributed by atoms with E-state index in [1.165, 1.54) is 4.90 Å². The maximum atomic E-state index is 12.4. The number of amides is 2. The molecule has 0 aromatic heterocycles. The number of anilines is 2. The number of fused-ring (bicyclic) bond motifs is 1. The van der Waals surface area contributed by atoms with Gasteiger partial charge in [-0.05, 0) is 23.6 Å². The molecular weight excluding hydrogens is 404 g/mol. The number of nitrogens with one attached hydrogen (secondary N) is 1. The number of halogens is 1. The summed E-state index contributed by atoms with van der Waals surface area (Å²) in [7, 11) is 0. The van der Waals surface area contributed by atoms with Gasteiger partial charge in [-0.2, -0.15) is 0 Å². The molecule has 0 spiro atoms. The summed E-state index contributed by atoms with van der Waals surface area (Å²) in [6.07, 6.45) is 0.0228. The minimum Gasteiger partial charge on any atom is -0.455 e. The number of carbonyl (C=O) groups is 3. The molecule has 2 amide bonds. The summed E-state index contributed by atoms with van der Waals surface area (Å²) in [6.45, 7) is -0.245. The Hall–Kier alpha value is -3.38. The van der Waals surface area contributed by atoms with Gasteiger partial charge in [0.15, 0.2) is 6.61 Å². The fraction of sp³-hybridized carbons (Fsp3) is 0.174. The van der Waals surface area contributed by atoms with Gasteiger partial charge in [0.25, 0.3) is 5.91 Å². The molecule has 3 aromatic carbocycles. The van der Waals surface area contributed by atoms with Crippen LogP contribution in [0.1, 0.15) is 6.42 Å². The van der Waals surface area contributed by atoms with Crippen molar-refractivity contribution in [2.24, 2.45) is 5.92 Å². The third kappa shape index (κ3) is 4.14. The van der Waals surface area contributed by atoms with Crippen molar-refractivity contribution in [1.29, 1.82) is 0 Å². The van der Waals surface area contributed by atoms with E-state index < -0.39 is 24.4 Å². The zero-order valence-electron chi connectivity index (χ0n) is 16.0. The highest BCUT2D eigenvalue weighted by atomic mass is 35.5. The Morgan fingerprint density at radius 3 is 2.60 bits per heavy atom. The fourth-order valence-electron chi connectivity index (χ4n) is 3.54. The molecule has 4 rings (SSSR count). The van der Waals surface area contributed by atoms with Gasteiger partial charge in [-0.25, -0.2) is 0 Å². The Labute approximate surface area is 178 Å². The SMILES string of the molecule is O=C(COC(=O)[C@H]1CC(=O)N(c2ccccc2Cl)C1)Nc1cccc2ccccc12. The van der Waals surface area contributed by atoms with E-state index in [1.807, 2.05) is 36.4 Å². The predicted octanol–water partition coefficient (Wildman–Crippen LogP) is 4.03. The van der Waals surface area contributed by atoms with Crippen molar-refractivity contribution in [3.05, 3.63) is 71.8 Å². The van der Waals surface area contributed by atoms with Crippen LogP contribution in [0.25, 0.3) is 10.8 Å². The molecule has 6 nitrogen and oxygen atoms in total. The van der Waals surface area contributed by atoms with E-state index in [1.54, 1.807) is 30.3 Å². The zero-order valence-corrected chi connectivity index (χ0v) is 16.8. The van der Waals surface area contributed by atoms with E-state index in [9.17, 15) is 14.4 Å². The molecule has 0 unspecified atom stereocenters. The van der Waals surface area contributed by atoms with Crippen molar-refractivity contribution in [1.82, 2.24) is 0 Å². The van der Waals surface area contributed by atoms with Crippen LogP contribution in [0.5, 0.6) is 0 Å². The molecule has 3 aromatic rings. The average Bonchev–Trinajstić information content (AvgIpc) is 3.14. The van der Waals surface area contributed by atoms with Crippen molar-refractivity contribution in [2.75, 3.05) is 23.4 Å².